The molecule has 0 aliphatic carbocycles. The Labute approximate surface area is 223 Å². The van der Waals surface area contributed by atoms with Gasteiger partial charge in [-0.3, -0.25) is 4.79 Å². The van der Waals surface area contributed by atoms with Crippen molar-refractivity contribution in [2.45, 2.75) is 32.2 Å². The molecular formula is C26H21F6N7O. The van der Waals surface area contributed by atoms with Gasteiger partial charge in [-0.2, -0.15) is 41.1 Å². The number of halogens is 6. The largest absolute Gasteiger partial charge is 0.416 e. The Bertz CT molecular complexity index is 1520. The minimum Gasteiger partial charge on any atom is -0.369 e. The number of hydrogen-bond acceptors (Lipinski definition) is 6. The van der Waals surface area contributed by atoms with E-state index < -0.39 is 35.9 Å². The highest BCUT2D eigenvalue weighted by atomic mass is 19.4. The van der Waals surface area contributed by atoms with Crippen LogP contribution in [0, 0.1) is 6.92 Å². The third-order valence-electron chi connectivity index (χ3n) is 6.34. The molecular weight excluding hydrogens is 540 g/mol. The van der Waals surface area contributed by atoms with Crippen molar-refractivity contribution in [3.8, 4) is 17.2 Å². The highest BCUT2D eigenvalue weighted by Gasteiger charge is 2.37. The van der Waals surface area contributed by atoms with Crippen LogP contribution < -0.4 is 5.32 Å². The summed E-state index contributed by atoms with van der Waals surface area (Å²) in [5, 5.41) is 7.17. The molecule has 0 fully saturated rings. The van der Waals surface area contributed by atoms with Gasteiger partial charge >= 0.3 is 12.4 Å². The molecule has 0 unspecified atom stereocenters. The number of amides is 1. The van der Waals surface area contributed by atoms with Gasteiger partial charge in [-0.1, -0.05) is 24.3 Å². The molecule has 1 N–H and O–H groups in total. The van der Waals surface area contributed by atoms with E-state index in [9.17, 15) is 31.1 Å². The van der Waals surface area contributed by atoms with Crippen LogP contribution in [0.2, 0.25) is 0 Å². The van der Waals surface area contributed by atoms with Gasteiger partial charge in [0.25, 0.3) is 11.9 Å². The second kappa shape index (κ2) is 10.2. The van der Waals surface area contributed by atoms with Gasteiger partial charge < -0.3 is 10.2 Å². The summed E-state index contributed by atoms with van der Waals surface area (Å²) in [4.78, 5) is 28.1. The van der Waals surface area contributed by atoms with Crippen LogP contribution in [-0.4, -0.2) is 48.6 Å². The molecule has 0 saturated carbocycles. The number of benzene rings is 2. The van der Waals surface area contributed by atoms with E-state index in [1.807, 2.05) is 13.0 Å². The van der Waals surface area contributed by atoms with Gasteiger partial charge in [0.2, 0.25) is 0 Å². The van der Waals surface area contributed by atoms with Crippen molar-refractivity contribution in [3.05, 3.63) is 82.9 Å². The summed E-state index contributed by atoms with van der Waals surface area (Å²) in [6, 6.07) is 8.46. The third-order valence-corrected chi connectivity index (χ3v) is 6.34. The lowest BCUT2D eigenvalue weighted by Gasteiger charge is -2.28. The van der Waals surface area contributed by atoms with E-state index in [4.69, 9.17) is 0 Å². The Kier molecular flexibility index (Phi) is 6.94. The first kappa shape index (κ1) is 27.1. The van der Waals surface area contributed by atoms with Crippen molar-refractivity contribution in [2.24, 2.45) is 0 Å². The van der Waals surface area contributed by atoms with Crippen LogP contribution in [0.5, 0.6) is 0 Å². The zero-order chi connectivity index (χ0) is 28.7. The van der Waals surface area contributed by atoms with Gasteiger partial charge in [-0.05, 0) is 42.7 Å². The Morgan fingerprint density at radius 3 is 2.30 bits per heavy atom. The third kappa shape index (κ3) is 5.46. The van der Waals surface area contributed by atoms with Gasteiger partial charge in [0.15, 0.2) is 0 Å². The van der Waals surface area contributed by atoms with Gasteiger partial charge in [-0.25, -0.2) is 9.97 Å². The van der Waals surface area contributed by atoms with Gasteiger partial charge in [0, 0.05) is 25.2 Å². The van der Waals surface area contributed by atoms with Crippen LogP contribution in [0.4, 0.5) is 32.2 Å². The number of aromatic nitrogens is 5. The van der Waals surface area contributed by atoms with Crippen molar-refractivity contribution in [2.75, 3.05) is 18.4 Å². The molecule has 14 heteroatoms. The zero-order valence-corrected chi connectivity index (χ0v) is 20.9. The topological polar surface area (TPSA) is 88.8 Å². The number of anilines is 1. The number of rotatable bonds is 4. The lowest BCUT2D eigenvalue weighted by Crippen LogP contribution is -2.36. The molecule has 0 radical (unpaired) electrons. The first-order valence-electron chi connectivity index (χ1n) is 12.1. The van der Waals surface area contributed by atoms with Crippen LogP contribution in [0.1, 0.15) is 39.0 Å². The fraction of sp³-hybridized carbons (Fsp3) is 0.269. The van der Waals surface area contributed by atoms with E-state index in [1.165, 1.54) is 22.2 Å². The Balaban J connectivity index is 1.63. The molecule has 2 aromatic carbocycles. The number of hydrogen-bond donors (Lipinski definition) is 1. The quantitative estimate of drug-likeness (QED) is 0.330. The van der Waals surface area contributed by atoms with Crippen LogP contribution in [-0.2, 0) is 18.9 Å². The van der Waals surface area contributed by atoms with Gasteiger partial charge in [0.05, 0.1) is 16.8 Å². The molecule has 4 aromatic rings. The molecule has 3 heterocycles. The summed E-state index contributed by atoms with van der Waals surface area (Å²) in [6.07, 6.45) is -6.98. The van der Waals surface area contributed by atoms with E-state index in [2.05, 4.69) is 25.4 Å². The number of nitrogens with one attached hydrogen (secondary N) is 1. The maximum atomic E-state index is 14.0. The van der Waals surface area contributed by atoms with E-state index in [0.29, 0.717) is 30.7 Å². The second-order valence-electron chi connectivity index (χ2n) is 9.17. The van der Waals surface area contributed by atoms with Gasteiger partial charge in [0.1, 0.15) is 24.0 Å². The normalized spacial score (nSPS) is 14.4. The minimum atomic E-state index is -5.00. The van der Waals surface area contributed by atoms with Gasteiger partial charge in [-0.15, -0.1) is 0 Å². The molecule has 1 aliphatic rings. The van der Waals surface area contributed by atoms with E-state index in [1.54, 1.807) is 18.2 Å². The summed E-state index contributed by atoms with van der Waals surface area (Å²) < 4.78 is 82.0. The number of fused-ring (bicyclic) bond motifs is 1. The predicted octanol–water partition coefficient (Wildman–Crippen LogP) is 5.53. The molecule has 1 aliphatic heterocycles. The molecule has 208 valence electrons. The number of nitrogens with zero attached hydrogens (tertiary/aromatic N) is 6. The number of carbonyl (C=O) groups is 1. The standard InChI is InChI=1S/C26H21F6N7O/c1-15-5-2-3-6-19(15)21-20-22(37-24(36-21)39-14-33-13-35-39)34-7-4-8-38(23(20)40)12-16-9-17(25(27,28)29)11-18(10-16)26(30,31)32/h2-3,5-6,9-11,13-14H,4,7-8,12H2,1H3,(H,34,36,37). The molecule has 0 spiro atoms. The molecule has 40 heavy (non-hydrogen) atoms. The molecule has 5 rings (SSSR count). The lowest BCUT2D eigenvalue weighted by molar-refractivity contribution is -0.143. The summed E-state index contributed by atoms with van der Waals surface area (Å²) in [5.41, 5.74) is -1.54. The molecule has 0 atom stereocenters. The Hall–Kier alpha value is -4.49. The van der Waals surface area contributed by atoms with Crippen molar-refractivity contribution in [1.82, 2.24) is 29.6 Å². The highest BCUT2D eigenvalue weighted by Crippen LogP contribution is 2.37. The first-order valence-corrected chi connectivity index (χ1v) is 12.1. The molecule has 2 aromatic heterocycles. The summed E-state index contributed by atoms with van der Waals surface area (Å²) in [6.45, 7) is 1.73. The molecule has 0 bridgehead atoms. The van der Waals surface area contributed by atoms with Crippen molar-refractivity contribution in [3.63, 3.8) is 0 Å². The van der Waals surface area contributed by atoms with Crippen molar-refractivity contribution < 1.29 is 31.1 Å². The average molecular weight is 561 g/mol. The Morgan fingerprint density at radius 2 is 1.68 bits per heavy atom. The highest BCUT2D eigenvalue weighted by molar-refractivity contribution is 6.04. The number of alkyl halides is 6. The molecule has 8 nitrogen and oxygen atoms in total. The number of carbonyl (C=O) groups excluding carboxylic acids is 1. The summed E-state index contributed by atoms with van der Waals surface area (Å²) >= 11 is 0. The maximum Gasteiger partial charge on any atom is 0.416 e. The monoisotopic (exact) mass is 561 g/mol. The smallest absolute Gasteiger partial charge is 0.369 e. The number of aryl methyl sites for hydroxylation is 1. The molecule has 0 saturated heterocycles. The van der Waals surface area contributed by atoms with Crippen molar-refractivity contribution in [1.29, 1.82) is 0 Å². The van der Waals surface area contributed by atoms with E-state index >= 15 is 0 Å². The average Bonchev–Trinajstić information content (AvgIpc) is 3.43. The fourth-order valence-corrected chi connectivity index (χ4v) is 4.45. The second-order valence-corrected chi connectivity index (χ2v) is 9.17. The summed E-state index contributed by atoms with van der Waals surface area (Å²) in [5.74, 6) is -0.361. The first-order chi connectivity index (χ1) is 18.9. The zero-order valence-electron chi connectivity index (χ0n) is 20.9. The van der Waals surface area contributed by atoms with E-state index in [-0.39, 0.29) is 41.2 Å². The van der Waals surface area contributed by atoms with Crippen molar-refractivity contribution >= 4 is 11.7 Å². The molecule has 1 amide bonds. The predicted molar refractivity (Wildman–Crippen MR) is 131 cm³/mol. The lowest BCUT2D eigenvalue weighted by atomic mass is 9.99. The fourth-order valence-electron chi connectivity index (χ4n) is 4.45. The van der Waals surface area contributed by atoms with Crippen LogP contribution in [0.15, 0.2) is 55.1 Å². The van der Waals surface area contributed by atoms with E-state index in [0.717, 1.165) is 5.56 Å². The van der Waals surface area contributed by atoms with Crippen LogP contribution >= 0.6 is 0 Å². The minimum absolute atomic E-state index is 0.0425. The SMILES string of the molecule is Cc1ccccc1-c1nc(-n2cncn2)nc2c1C(=O)N(Cc1cc(C(F)(F)F)cc(C(F)(F)F)c1)CCCN2. The van der Waals surface area contributed by atoms with Crippen LogP contribution in [0.25, 0.3) is 17.2 Å². The van der Waals surface area contributed by atoms with Crippen LogP contribution in [0.3, 0.4) is 0 Å². The summed E-state index contributed by atoms with van der Waals surface area (Å²) in [7, 11) is 0. The Morgan fingerprint density at radius 1 is 0.975 bits per heavy atom. The maximum absolute atomic E-state index is 14.0.